The predicted octanol–water partition coefficient (Wildman–Crippen LogP) is 1.54. The van der Waals surface area contributed by atoms with Gasteiger partial charge in [0.25, 0.3) is 10.0 Å². The summed E-state index contributed by atoms with van der Waals surface area (Å²) in [5.74, 6) is 0. The first-order valence-electron chi connectivity index (χ1n) is 6.82. The Bertz CT molecular complexity index is 690. The third kappa shape index (κ3) is 3.03. The molecular formula is C13H18N4O2S2. The first-order valence-corrected chi connectivity index (χ1v) is 9.21. The highest BCUT2D eigenvalue weighted by Crippen LogP contribution is 2.34. The Morgan fingerprint density at radius 2 is 2.33 bits per heavy atom. The molecule has 0 unspecified atom stereocenters. The number of rotatable bonds is 7. The van der Waals surface area contributed by atoms with Crippen molar-refractivity contribution in [3.63, 3.8) is 0 Å². The minimum Gasteiger partial charge on any atom is -0.316 e. The predicted molar refractivity (Wildman–Crippen MR) is 81.4 cm³/mol. The second kappa shape index (κ2) is 5.88. The monoisotopic (exact) mass is 326 g/mol. The molecule has 0 radical (unpaired) electrons. The summed E-state index contributed by atoms with van der Waals surface area (Å²) in [5, 5.41) is 13.7. The van der Waals surface area contributed by atoms with Gasteiger partial charge in [0.1, 0.15) is 0 Å². The third-order valence-corrected chi connectivity index (χ3v) is 6.13. The van der Waals surface area contributed by atoms with Crippen molar-refractivity contribution < 1.29 is 8.42 Å². The van der Waals surface area contributed by atoms with Crippen LogP contribution in [0.25, 0.3) is 0 Å². The topological polar surface area (TPSA) is 78.1 Å². The molecule has 2 aromatic heterocycles. The van der Waals surface area contributed by atoms with Gasteiger partial charge < -0.3 is 5.32 Å². The zero-order valence-corrected chi connectivity index (χ0v) is 13.4. The summed E-state index contributed by atoms with van der Waals surface area (Å²) in [7, 11) is -1.76. The molecule has 3 rings (SSSR count). The zero-order chi connectivity index (χ0) is 14.9. The molecule has 6 nitrogen and oxygen atoms in total. The van der Waals surface area contributed by atoms with E-state index in [1.807, 2.05) is 16.8 Å². The minimum atomic E-state index is -3.54. The Morgan fingerprint density at radius 3 is 2.95 bits per heavy atom. The van der Waals surface area contributed by atoms with Crippen molar-refractivity contribution in [2.75, 3.05) is 7.05 Å². The Balaban J connectivity index is 1.91. The van der Waals surface area contributed by atoms with Crippen LogP contribution in [0, 0.1) is 0 Å². The standard InChI is InChI=1S/C13H18N4O2S2/c1-14-6-11-7-15-16-13(11)21(18,19)17(12-2-3-12)8-10-4-5-20-9-10/h4-5,7,9,12,14H,2-3,6,8H2,1H3,(H,15,16). The molecule has 0 aromatic carbocycles. The zero-order valence-electron chi connectivity index (χ0n) is 11.7. The number of thiophene rings is 1. The summed E-state index contributed by atoms with van der Waals surface area (Å²) >= 11 is 1.58. The van der Waals surface area contributed by atoms with Crippen LogP contribution in [0.3, 0.4) is 0 Å². The van der Waals surface area contributed by atoms with Crippen LogP contribution >= 0.6 is 11.3 Å². The number of hydrogen-bond donors (Lipinski definition) is 2. The maximum absolute atomic E-state index is 12.9. The Labute approximate surface area is 128 Å². The SMILES string of the molecule is CNCc1cn[nH]c1S(=O)(=O)N(Cc1ccsc1)C1CC1. The molecule has 1 aliphatic rings. The van der Waals surface area contributed by atoms with Crippen molar-refractivity contribution in [3.8, 4) is 0 Å². The lowest BCUT2D eigenvalue weighted by Gasteiger charge is -2.21. The van der Waals surface area contributed by atoms with Crippen LogP contribution in [0.15, 0.2) is 28.0 Å². The van der Waals surface area contributed by atoms with Gasteiger partial charge in [0.2, 0.25) is 0 Å². The summed E-state index contributed by atoms with van der Waals surface area (Å²) in [6.45, 7) is 0.899. The minimum absolute atomic E-state index is 0.112. The van der Waals surface area contributed by atoms with Gasteiger partial charge in [-0.1, -0.05) is 0 Å². The van der Waals surface area contributed by atoms with Crippen molar-refractivity contribution in [1.29, 1.82) is 0 Å². The van der Waals surface area contributed by atoms with E-state index in [9.17, 15) is 8.42 Å². The quantitative estimate of drug-likeness (QED) is 0.809. The molecule has 0 spiro atoms. The average Bonchev–Trinajstić information content (AvgIpc) is 2.96. The van der Waals surface area contributed by atoms with Gasteiger partial charge in [-0.25, -0.2) is 8.42 Å². The molecule has 114 valence electrons. The lowest BCUT2D eigenvalue weighted by Crippen LogP contribution is -2.33. The van der Waals surface area contributed by atoms with Gasteiger partial charge in [-0.05, 0) is 42.3 Å². The van der Waals surface area contributed by atoms with Crippen molar-refractivity contribution in [2.24, 2.45) is 0 Å². The van der Waals surface area contributed by atoms with Gasteiger partial charge in [0, 0.05) is 24.7 Å². The van der Waals surface area contributed by atoms with E-state index < -0.39 is 10.0 Å². The summed E-state index contributed by atoms with van der Waals surface area (Å²) in [6, 6.07) is 2.08. The average molecular weight is 326 g/mol. The van der Waals surface area contributed by atoms with Crippen LogP contribution in [0.5, 0.6) is 0 Å². The van der Waals surface area contributed by atoms with Crippen LogP contribution in [0.2, 0.25) is 0 Å². The molecular weight excluding hydrogens is 308 g/mol. The van der Waals surface area contributed by atoms with E-state index in [4.69, 9.17) is 0 Å². The molecule has 1 fully saturated rings. The lowest BCUT2D eigenvalue weighted by molar-refractivity contribution is 0.396. The molecule has 2 heterocycles. The number of H-pyrrole nitrogens is 1. The van der Waals surface area contributed by atoms with Crippen LogP contribution in [0.4, 0.5) is 0 Å². The normalized spacial score (nSPS) is 15.7. The van der Waals surface area contributed by atoms with E-state index >= 15 is 0 Å². The van der Waals surface area contributed by atoms with Crippen LogP contribution in [-0.4, -0.2) is 36.0 Å². The van der Waals surface area contributed by atoms with Gasteiger partial charge >= 0.3 is 0 Å². The lowest BCUT2D eigenvalue weighted by atomic mass is 10.3. The smallest absolute Gasteiger partial charge is 0.260 e. The maximum Gasteiger partial charge on any atom is 0.260 e. The van der Waals surface area contributed by atoms with E-state index in [1.54, 1.807) is 28.9 Å². The molecule has 2 N–H and O–H groups in total. The second-order valence-electron chi connectivity index (χ2n) is 5.17. The first kappa shape index (κ1) is 14.7. The molecule has 8 heteroatoms. The first-order chi connectivity index (χ1) is 10.1. The van der Waals surface area contributed by atoms with E-state index in [2.05, 4.69) is 15.5 Å². The molecule has 0 bridgehead atoms. The van der Waals surface area contributed by atoms with Gasteiger partial charge in [-0.2, -0.15) is 20.7 Å². The Morgan fingerprint density at radius 1 is 1.52 bits per heavy atom. The van der Waals surface area contributed by atoms with Crippen molar-refractivity contribution in [3.05, 3.63) is 34.2 Å². The highest BCUT2D eigenvalue weighted by Gasteiger charge is 2.39. The number of sulfonamides is 1. The third-order valence-electron chi connectivity index (χ3n) is 3.48. The van der Waals surface area contributed by atoms with Gasteiger partial charge in [-0.3, -0.25) is 5.10 Å². The Kier molecular flexibility index (Phi) is 4.12. The van der Waals surface area contributed by atoms with Crippen LogP contribution in [0.1, 0.15) is 24.0 Å². The fourth-order valence-electron chi connectivity index (χ4n) is 2.29. The fraction of sp³-hybridized carbons (Fsp3) is 0.462. The summed E-state index contributed by atoms with van der Waals surface area (Å²) < 4.78 is 27.5. The highest BCUT2D eigenvalue weighted by atomic mass is 32.2. The Hall–Kier alpha value is -1.22. The van der Waals surface area contributed by atoms with E-state index in [1.165, 1.54) is 0 Å². The fourth-order valence-corrected chi connectivity index (χ4v) is 4.73. The number of nitrogens with one attached hydrogen (secondary N) is 2. The number of hydrogen-bond acceptors (Lipinski definition) is 5. The number of aromatic nitrogens is 2. The van der Waals surface area contributed by atoms with Gasteiger partial charge in [0.05, 0.1) is 6.20 Å². The molecule has 21 heavy (non-hydrogen) atoms. The molecule has 1 aliphatic carbocycles. The van der Waals surface area contributed by atoms with E-state index in [0.29, 0.717) is 18.7 Å². The summed E-state index contributed by atoms with van der Waals surface area (Å²) in [4.78, 5) is 0. The van der Waals surface area contributed by atoms with Crippen molar-refractivity contribution >= 4 is 21.4 Å². The van der Waals surface area contributed by atoms with Gasteiger partial charge in [-0.15, -0.1) is 0 Å². The maximum atomic E-state index is 12.9. The van der Waals surface area contributed by atoms with Crippen molar-refractivity contribution in [1.82, 2.24) is 19.8 Å². The largest absolute Gasteiger partial charge is 0.316 e. The molecule has 0 atom stereocenters. The van der Waals surface area contributed by atoms with Crippen LogP contribution in [-0.2, 0) is 23.1 Å². The van der Waals surface area contributed by atoms with Gasteiger partial charge in [0.15, 0.2) is 5.03 Å². The van der Waals surface area contributed by atoms with Crippen LogP contribution < -0.4 is 5.32 Å². The number of nitrogens with zero attached hydrogens (tertiary/aromatic N) is 2. The molecule has 1 saturated carbocycles. The van der Waals surface area contributed by atoms with Crippen molar-refractivity contribution in [2.45, 2.75) is 37.0 Å². The summed E-state index contributed by atoms with van der Waals surface area (Å²) in [6.07, 6.45) is 3.43. The molecule has 0 amide bonds. The number of aromatic amines is 1. The van der Waals surface area contributed by atoms with E-state index in [0.717, 1.165) is 18.4 Å². The molecule has 0 saturated heterocycles. The molecule has 0 aliphatic heterocycles. The summed E-state index contributed by atoms with van der Waals surface area (Å²) in [5.41, 5.74) is 1.71. The molecule has 2 aromatic rings. The van der Waals surface area contributed by atoms with E-state index in [-0.39, 0.29) is 11.1 Å². The highest BCUT2D eigenvalue weighted by molar-refractivity contribution is 7.89. The second-order valence-corrected chi connectivity index (χ2v) is 7.78.